The van der Waals surface area contributed by atoms with Gasteiger partial charge in [0.2, 0.25) is 5.91 Å². The van der Waals surface area contributed by atoms with Crippen molar-refractivity contribution in [3.8, 4) is 0 Å². The van der Waals surface area contributed by atoms with Gasteiger partial charge >= 0.3 is 5.97 Å². The molecule has 1 amide bonds. The van der Waals surface area contributed by atoms with Crippen LogP contribution in [0.4, 0.5) is 0 Å². The highest BCUT2D eigenvalue weighted by Crippen LogP contribution is 1.98. The number of carbonyl (C=O) groups is 2. The molecule has 5 heteroatoms. The zero-order valence-corrected chi connectivity index (χ0v) is 9.96. The Kier molecular flexibility index (Phi) is 9.70. The van der Waals surface area contributed by atoms with E-state index in [2.05, 4.69) is 10.1 Å². The minimum Gasteiger partial charge on any atom is -0.469 e. The molecule has 0 rings (SSSR count). The van der Waals surface area contributed by atoms with Gasteiger partial charge in [-0.3, -0.25) is 9.59 Å². The summed E-state index contributed by atoms with van der Waals surface area (Å²) in [5.74, 6) is -0.195. The molecule has 16 heavy (non-hydrogen) atoms. The Labute approximate surface area is 96.7 Å². The van der Waals surface area contributed by atoms with Crippen LogP contribution < -0.4 is 11.1 Å². The first-order valence-corrected chi connectivity index (χ1v) is 5.74. The number of hydrogen-bond donors (Lipinski definition) is 2. The molecule has 94 valence electrons. The van der Waals surface area contributed by atoms with Crippen LogP contribution >= 0.6 is 0 Å². The second-order valence-corrected chi connectivity index (χ2v) is 3.63. The van der Waals surface area contributed by atoms with Crippen LogP contribution in [-0.2, 0) is 14.3 Å². The number of esters is 1. The summed E-state index contributed by atoms with van der Waals surface area (Å²) in [5.41, 5.74) is 5.34. The maximum Gasteiger partial charge on any atom is 0.305 e. The molecule has 0 radical (unpaired) electrons. The van der Waals surface area contributed by atoms with E-state index in [9.17, 15) is 9.59 Å². The van der Waals surface area contributed by atoms with Crippen molar-refractivity contribution in [1.82, 2.24) is 5.32 Å². The third kappa shape index (κ3) is 9.45. The molecule has 3 N–H and O–H groups in total. The van der Waals surface area contributed by atoms with E-state index in [-0.39, 0.29) is 11.9 Å². The van der Waals surface area contributed by atoms with Gasteiger partial charge in [0.05, 0.1) is 7.11 Å². The van der Waals surface area contributed by atoms with Crippen LogP contribution in [0.3, 0.4) is 0 Å². The molecule has 0 fully saturated rings. The van der Waals surface area contributed by atoms with E-state index in [1.54, 1.807) is 0 Å². The molecular formula is C11H22N2O3. The van der Waals surface area contributed by atoms with Gasteiger partial charge in [-0.25, -0.2) is 0 Å². The summed E-state index contributed by atoms with van der Waals surface area (Å²) in [6.07, 6.45) is 4.35. The number of ether oxygens (including phenoxy) is 1. The molecular weight excluding hydrogens is 208 g/mol. The summed E-state index contributed by atoms with van der Waals surface area (Å²) < 4.78 is 4.49. The summed E-state index contributed by atoms with van der Waals surface area (Å²) in [7, 11) is 1.36. The summed E-state index contributed by atoms with van der Waals surface area (Å²) in [4.78, 5) is 22.0. The van der Waals surface area contributed by atoms with Crippen LogP contribution in [0.2, 0.25) is 0 Å². The lowest BCUT2D eigenvalue weighted by atomic mass is 10.2. The molecule has 0 atom stereocenters. The van der Waals surface area contributed by atoms with Crippen molar-refractivity contribution in [2.75, 3.05) is 20.2 Å². The van der Waals surface area contributed by atoms with Crippen molar-refractivity contribution in [1.29, 1.82) is 0 Å². The smallest absolute Gasteiger partial charge is 0.305 e. The van der Waals surface area contributed by atoms with Crippen LogP contribution in [-0.4, -0.2) is 32.1 Å². The average molecular weight is 230 g/mol. The molecule has 0 saturated heterocycles. The number of methoxy groups -OCH3 is 1. The lowest BCUT2D eigenvalue weighted by molar-refractivity contribution is -0.140. The molecule has 0 saturated carbocycles. The fourth-order valence-corrected chi connectivity index (χ4v) is 1.26. The monoisotopic (exact) mass is 230 g/mol. The molecule has 0 aromatic heterocycles. The minimum absolute atomic E-state index is 0.0434. The lowest BCUT2D eigenvalue weighted by Gasteiger charge is -2.04. The van der Waals surface area contributed by atoms with E-state index in [1.165, 1.54) is 7.11 Å². The largest absolute Gasteiger partial charge is 0.469 e. The van der Waals surface area contributed by atoms with E-state index >= 15 is 0 Å². The summed E-state index contributed by atoms with van der Waals surface area (Å²) in [5, 5.41) is 2.76. The normalized spacial score (nSPS) is 9.88. The van der Waals surface area contributed by atoms with Gasteiger partial charge in [0.25, 0.3) is 0 Å². The standard InChI is InChI=1S/C11H22N2O3/c1-16-11(15)7-5-9-13-10(14)6-3-2-4-8-12/h2-9,12H2,1H3,(H,13,14). The summed E-state index contributed by atoms with van der Waals surface area (Å²) in [6.45, 7) is 1.21. The van der Waals surface area contributed by atoms with E-state index in [4.69, 9.17) is 5.73 Å². The fraction of sp³-hybridized carbons (Fsp3) is 0.818. The van der Waals surface area contributed by atoms with E-state index in [0.717, 1.165) is 19.3 Å². The van der Waals surface area contributed by atoms with Crippen molar-refractivity contribution >= 4 is 11.9 Å². The Hall–Kier alpha value is -1.10. The van der Waals surface area contributed by atoms with Gasteiger partial charge in [-0.15, -0.1) is 0 Å². The van der Waals surface area contributed by atoms with E-state index < -0.39 is 0 Å². The molecule has 0 aromatic rings. The highest BCUT2D eigenvalue weighted by molar-refractivity contribution is 5.75. The van der Waals surface area contributed by atoms with Crippen LogP contribution in [0.25, 0.3) is 0 Å². The minimum atomic E-state index is -0.239. The van der Waals surface area contributed by atoms with Gasteiger partial charge < -0.3 is 15.8 Å². The molecule has 0 aromatic carbocycles. The van der Waals surface area contributed by atoms with Crippen molar-refractivity contribution in [2.45, 2.75) is 38.5 Å². The zero-order valence-electron chi connectivity index (χ0n) is 9.96. The van der Waals surface area contributed by atoms with Crippen molar-refractivity contribution in [2.24, 2.45) is 5.73 Å². The second-order valence-electron chi connectivity index (χ2n) is 3.63. The predicted octanol–water partition coefficient (Wildman–Crippen LogP) is 0.575. The van der Waals surface area contributed by atoms with Crippen molar-refractivity contribution in [3.05, 3.63) is 0 Å². The predicted molar refractivity (Wildman–Crippen MR) is 61.8 cm³/mol. The van der Waals surface area contributed by atoms with Gasteiger partial charge in [0.15, 0.2) is 0 Å². The molecule has 0 aliphatic rings. The van der Waals surface area contributed by atoms with E-state index in [0.29, 0.717) is 32.4 Å². The maximum absolute atomic E-state index is 11.3. The number of nitrogens with one attached hydrogen (secondary N) is 1. The molecule has 0 bridgehead atoms. The van der Waals surface area contributed by atoms with Gasteiger partial charge in [-0.2, -0.15) is 0 Å². The second kappa shape index (κ2) is 10.4. The highest BCUT2D eigenvalue weighted by Gasteiger charge is 2.02. The summed E-state index contributed by atoms with van der Waals surface area (Å²) >= 11 is 0. The van der Waals surface area contributed by atoms with Gasteiger partial charge in [0.1, 0.15) is 0 Å². The third-order valence-corrected chi connectivity index (χ3v) is 2.22. The number of nitrogens with two attached hydrogens (primary N) is 1. The van der Waals surface area contributed by atoms with E-state index in [1.807, 2.05) is 0 Å². The number of unbranched alkanes of at least 4 members (excludes halogenated alkanes) is 2. The Morgan fingerprint density at radius 1 is 1.12 bits per heavy atom. The van der Waals surface area contributed by atoms with Gasteiger partial charge in [-0.05, 0) is 25.8 Å². The summed E-state index contributed by atoms with van der Waals surface area (Å²) in [6, 6.07) is 0. The van der Waals surface area contributed by atoms with Crippen molar-refractivity contribution in [3.63, 3.8) is 0 Å². The number of rotatable bonds is 9. The van der Waals surface area contributed by atoms with Crippen LogP contribution in [0.15, 0.2) is 0 Å². The Balaban J connectivity index is 3.27. The van der Waals surface area contributed by atoms with Crippen molar-refractivity contribution < 1.29 is 14.3 Å². The van der Waals surface area contributed by atoms with Crippen LogP contribution in [0.1, 0.15) is 38.5 Å². The Bertz CT molecular complexity index is 207. The molecule has 0 spiro atoms. The first-order chi connectivity index (χ1) is 7.70. The SMILES string of the molecule is COC(=O)CCCNC(=O)CCCCCN. The quantitative estimate of drug-likeness (QED) is 0.448. The van der Waals surface area contributed by atoms with Crippen LogP contribution in [0.5, 0.6) is 0 Å². The molecule has 5 nitrogen and oxygen atoms in total. The zero-order chi connectivity index (χ0) is 12.2. The Morgan fingerprint density at radius 2 is 1.88 bits per heavy atom. The van der Waals surface area contributed by atoms with Gasteiger partial charge in [-0.1, -0.05) is 6.42 Å². The third-order valence-electron chi connectivity index (χ3n) is 2.22. The number of amides is 1. The molecule has 0 heterocycles. The highest BCUT2D eigenvalue weighted by atomic mass is 16.5. The topological polar surface area (TPSA) is 81.4 Å². The maximum atomic E-state index is 11.3. The fourth-order valence-electron chi connectivity index (χ4n) is 1.26. The van der Waals surface area contributed by atoms with Crippen LogP contribution in [0, 0.1) is 0 Å². The molecule has 0 aliphatic heterocycles. The number of carbonyl (C=O) groups excluding carboxylic acids is 2. The molecule has 0 aliphatic carbocycles. The lowest BCUT2D eigenvalue weighted by Crippen LogP contribution is -2.24. The molecule has 0 unspecified atom stereocenters. The first-order valence-electron chi connectivity index (χ1n) is 5.74. The average Bonchev–Trinajstić information content (AvgIpc) is 2.30. The number of hydrogen-bond acceptors (Lipinski definition) is 4. The van der Waals surface area contributed by atoms with Gasteiger partial charge in [0, 0.05) is 19.4 Å². The first kappa shape index (κ1) is 14.9. The Morgan fingerprint density at radius 3 is 2.50 bits per heavy atom.